The summed E-state index contributed by atoms with van der Waals surface area (Å²) in [4.78, 5) is 13.3. The standard InChI is InChI=1S/C29H31NO3/c1-28(2,3)22-10-12-24(13-11-22)30-18-17-21-19-25(31)14-15-26(21)29(30,4)23-8-5-20(6-9-23)7-16-27(32)33/h5-16,19,31H,17-18H2,1-4H3,(H,32,33). The zero-order valence-corrected chi connectivity index (χ0v) is 19.7. The van der Waals surface area contributed by atoms with E-state index in [2.05, 4.69) is 69.0 Å². The minimum atomic E-state index is -0.961. The number of nitrogens with zero attached hydrogens (tertiary/aromatic N) is 1. The number of phenolic OH excluding ortho intramolecular Hbond substituents is 1. The molecule has 33 heavy (non-hydrogen) atoms. The van der Waals surface area contributed by atoms with Crippen molar-refractivity contribution in [1.82, 2.24) is 0 Å². The number of phenols is 1. The van der Waals surface area contributed by atoms with E-state index in [1.165, 1.54) is 11.1 Å². The molecule has 3 aromatic rings. The molecule has 4 rings (SSSR count). The number of carboxylic acids is 1. The first-order chi connectivity index (χ1) is 15.6. The van der Waals surface area contributed by atoms with Crippen molar-refractivity contribution in [2.45, 2.75) is 45.1 Å². The van der Waals surface area contributed by atoms with E-state index < -0.39 is 11.5 Å². The van der Waals surface area contributed by atoms with E-state index in [1.807, 2.05) is 24.3 Å². The Morgan fingerprint density at radius 3 is 2.27 bits per heavy atom. The van der Waals surface area contributed by atoms with Gasteiger partial charge < -0.3 is 15.1 Å². The van der Waals surface area contributed by atoms with Crippen LogP contribution >= 0.6 is 0 Å². The fourth-order valence-corrected chi connectivity index (χ4v) is 4.79. The van der Waals surface area contributed by atoms with Crippen LogP contribution in [0.4, 0.5) is 5.69 Å². The molecule has 1 aliphatic rings. The number of carboxylic acid groups (broad SMARTS) is 1. The molecule has 1 unspecified atom stereocenters. The third-order valence-electron chi connectivity index (χ3n) is 6.69. The Morgan fingerprint density at radius 1 is 1.00 bits per heavy atom. The lowest BCUT2D eigenvalue weighted by molar-refractivity contribution is -0.131. The average molecular weight is 442 g/mol. The molecular weight excluding hydrogens is 410 g/mol. The molecule has 0 saturated heterocycles. The molecule has 4 heteroatoms. The van der Waals surface area contributed by atoms with Crippen molar-refractivity contribution in [2.75, 3.05) is 11.4 Å². The highest BCUT2D eigenvalue weighted by atomic mass is 16.4. The summed E-state index contributed by atoms with van der Waals surface area (Å²) < 4.78 is 0. The van der Waals surface area contributed by atoms with Crippen LogP contribution in [0.5, 0.6) is 5.75 Å². The van der Waals surface area contributed by atoms with Gasteiger partial charge in [-0.2, -0.15) is 0 Å². The Labute approximate surface area is 195 Å². The molecule has 1 aliphatic heterocycles. The van der Waals surface area contributed by atoms with Crippen LogP contribution in [0.15, 0.2) is 72.8 Å². The van der Waals surface area contributed by atoms with Gasteiger partial charge in [0.25, 0.3) is 0 Å². The number of hydrogen-bond donors (Lipinski definition) is 2. The van der Waals surface area contributed by atoms with Gasteiger partial charge in [-0.25, -0.2) is 4.79 Å². The highest BCUT2D eigenvalue weighted by Crippen LogP contribution is 2.44. The minimum absolute atomic E-state index is 0.0904. The number of hydrogen-bond acceptors (Lipinski definition) is 3. The summed E-state index contributed by atoms with van der Waals surface area (Å²) in [7, 11) is 0. The summed E-state index contributed by atoms with van der Waals surface area (Å²) >= 11 is 0. The number of aromatic hydroxyl groups is 1. The Hall–Kier alpha value is -3.53. The Morgan fingerprint density at radius 2 is 1.67 bits per heavy atom. The largest absolute Gasteiger partial charge is 0.508 e. The Balaban J connectivity index is 1.81. The summed E-state index contributed by atoms with van der Waals surface area (Å²) in [5, 5.41) is 19.0. The van der Waals surface area contributed by atoms with Gasteiger partial charge >= 0.3 is 5.97 Å². The molecular formula is C29H31NO3. The van der Waals surface area contributed by atoms with Crippen LogP contribution in [0.25, 0.3) is 6.08 Å². The fraction of sp³-hybridized carbons (Fsp3) is 0.276. The van der Waals surface area contributed by atoms with Crippen molar-refractivity contribution < 1.29 is 15.0 Å². The van der Waals surface area contributed by atoms with E-state index in [1.54, 1.807) is 12.1 Å². The van der Waals surface area contributed by atoms with Crippen LogP contribution in [0.1, 0.15) is 55.5 Å². The summed E-state index contributed by atoms with van der Waals surface area (Å²) in [5.74, 6) is -0.676. The van der Waals surface area contributed by atoms with E-state index in [0.717, 1.165) is 41.4 Å². The molecule has 0 aliphatic carbocycles. The maximum Gasteiger partial charge on any atom is 0.328 e. The second-order valence-electron chi connectivity index (χ2n) is 9.91. The number of fused-ring (bicyclic) bond motifs is 1. The normalized spacial score (nSPS) is 18.4. The van der Waals surface area contributed by atoms with Gasteiger partial charge in [0, 0.05) is 18.3 Å². The van der Waals surface area contributed by atoms with Gasteiger partial charge in [0.1, 0.15) is 5.75 Å². The first-order valence-corrected chi connectivity index (χ1v) is 11.3. The van der Waals surface area contributed by atoms with Gasteiger partial charge in [-0.15, -0.1) is 0 Å². The van der Waals surface area contributed by atoms with Crippen LogP contribution in [-0.2, 0) is 22.2 Å². The van der Waals surface area contributed by atoms with Crippen LogP contribution in [0.3, 0.4) is 0 Å². The van der Waals surface area contributed by atoms with Crippen molar-refractivity contribution in [3.8, 4) is 5.75 Å². The fourth-order valence-electron chi connectivity index (χ4n) is 4.79. The molecule has 4 nitrogen and oxygen atoms in total. The van der Waals surface area contributed by atoms with Crippen molar-refractivity contribution in [3.05, 3.63) is 101 Å². The number of benzene rings is 3. The molecule has 1 heterocycles. The second kappa shape index (κ2) is 8.43. The van der Waals surface area contributed by atoms with E-state index in [0.29, 0.717) is 0 Å². The molecule has 0 aromatic heterocycles. The van der Waals surface area contributed by atoms with E-state index in [-0.39, 0.29) is 11.2 Å². The highest BCUT2D eigenvalue weighted by molar-refractivity contribution is 5.85. The molecule has 0 saturated carbocycles. The number of rotatable bonds is 4. The zero-order chi connectivity index (χ0) is 23.8. The van der Waals surface area contributed by atoms with E-state index in [4.69, 9.17) is 5.11 Å². The first kappa shape index (κ1) is 22.7. The van der Waals surface area contributed by atoms with Crippen molar-refractivity contribution >= 4 is 17.7 Å². The van der Waals surface area contributed by atoms with Crippen molar-refractivity contribution in [3.63, 3.8) is 0 Å². The van der Waals surface area contributed by atoms with Crippen LogP contribution in [0, 0.1) is 0 Å². The summed E-state index contributed by atoms with van der Waals surface area (Å²) in [6, 6.07) is 22.5. The Kier molecular flexibility index (Phi) is 5.79. The highest BCUT2D eigenvalue weighted by Gasteiger charge is 2.40. The molecule has 0 fully saturated rings. The quantitative estimate of drug-likeness (QED) is 0.479. The lowest BCUT2D eigenvalue weighted by Crippen LogP contribution is -2.49. The lowest BCUT2D eigenvalue weighted by Gasteiger charge is -2.48. The van der Waals surface area contributed by atoms with Gasteiger partial charge in [0.05, 0.1) is 5.54 Å². The van der Waals surface area contributed by atoms with E-state index in [9.17, 15) is 9.90 Å². The first-order valence-electron chi connectivity index (χ1n) is 11.3. The van der Waals surface area contributed by atoms with Crippen molar-refractivity contribution in [2.24, 2.45) is 0 Å². The number of aliphatic carboxylic acids is 1. The monoisotopic (exact) mass is 441 g/mol. The van der Waals surface area contributed by atoms with Crippen LogP contribution in [0.2, 0.25) is 0 Å². The molecule has 0 bridgehead atoms. The number of carbonyl (C=O) groups is 1. The van der Waals surface area contributed by atoms with Gasteiger partial charge in [0.15, 0.2) is 0 Å². The minimum Gasteiger partial charge on any atom is -0.508 e. The zero-order valence-electron chi connectivity index (χ0n) is 19.7. The lowest BCUT2D eigenvalue weighted by atomic mass is 9.76. The third-order valence-corrected chi connectivity index (χ3v) is 6.69. The topological polar surface area (TPSA) is 60.8 Å². The van der Waals surface area contributed by atoms with Gasteiger partial charge in [-0.05, 0) is 76.9 Å². The van der Waals surface area contributed by atoms with Gasteiger partial charge in [-0.3, -0.25) is 0 Å². The maximum absolute atomic E-state index is 10.9. The predicted molar refractivity (Wildman–Crippen MR) is 134 cm³/mol. The average Bonchev–Trinajstić information content (AvgIpc) is 2.77. The molecule has 3 aromatic carbocycles. The van der Waals surface area contributed by atoms with Crippen LogP contribution < -0.4 is 4.90 Å². The van der Waals surface area contributed by atoms with Gasteiger partial charge in [-0.1, -0.05) is 63.2 Å². The van der Waals surface area contributed by atoms with Gasteiger partial charge in [0.2, 0.25) is 0 Å². The number of anilines is 1. The van der Waals surface area contributed by atoms with Crippen molar-refractivity contribution in [1.29, 1.82) is 0 Å². The summed E-state index contributed by atoms with van der Waals surface area (Å²) in [6.07, 6.45) is 3.60. The summed E-state index contributed by atoms with van der Waals surface area (Å²) in [5.41, 5.74) is 6.36. The van der Waals surface area contributed by atoms with Crippen LogP contribution in [-0.4, -0.2) is 22.7 Å². The maximum atomic E-state index is 10.9. The Bertz CT molecular complexity index is 1190. The summed E-state index contributed by atoms with van der Waals surface area (Å²) in [6.45, 7) is 9.70. The van der Waals surface area contributed by atoms with E-state index >= 15 is 0 Å². The molecule has 1 atom stereocenters. The molecule has 0 amide bonds. The SMILES string of the molecule is CC(C)(C)c1ccc(N2CCc3cc(O)ccc3C2(C)c2ccc(C=CC(=O)O)cc2)cc1. The molecule has 170 valence electrons. The second-order valence-corrected chi connectivity index (χ2v) is 9.91. The third kappa shape index (κ3) is 4.38. The molecule has 0 spiro atoms. The smallest absolute Gasteiger partial charge is 0.328 e. The molecule has 2 N–H and O–H groups in total. The predicted octanol–water partition coefficient (Wildman–Crippen LogP) is 6.11. The molecule has 0 radical (unpaired) electrons.